The minimum atomic E-state index is -0.0540. The molecule has 28 heavy (non-hydrogen) atoms. The van der Waals surface area contributed by atoms with Gasteiger partial charge in [-0.2, -0.15) is 5.10 Å². The molecule has 4 rings (SSSR count). The zero-order valence-corrected chi connectivity index (χ0v) is 17.2. The molecule has 152 valence electrons. The monoisotopic (exact) mass is 386 g/mol. The largest absolute Gasteiger partial charge is 0.370 e. The van der Waals surface area contributed by atoms with Crippen molar-refractivity contribution in [3.05, 3.63) is 12.0 Å². The van der Waals surface area contributed by atoms with Crippen molar-refractivity contribution in [2.45, 2.75) is 64.1 Å². The number of anilines is 1. The molecule has 4 heterocycles. The van der Waals surface area contributed by atoms with Gasteiger partial charge in [0.2, 0.25) is 5.91 Å². The normalized spacial score (nSPS) is 21.8. The fourth-order valence-corrected chi connectivity index (χ4v) is 4.31. The van der Waals surface area contributed by atoms with Crippen LogP contribution < -0.4 is 10.2 Å². The molecule has 2 saturated heterocycles. The molecule has 1 amide bonds. The van der Waals surface area contributed by atoms with E-state index in [0.717, 1.165) is 61.4 Å². The molecular weight excluding hydrogens is 356 g/mol. The van der Waals surface area contributed by atoms with Crippen LogP contribution in [-0.2, 0) is 16.6 Å². The Morgan fingerprint density at radius 1 is 1.32 bits per heavy atom. The number of ether oxygens (including phenoxy) is 1. The lowest BCUT2D eigenvalue weighted by molar-refractivity contribution is -0.120. The Morgan fingerprint density at radius 2 is 2.07 bits per heavy atom. The van der Waals surface area contributed by atoms with Crippen molar-refractivity contribution in [2.24, 2.45) is 7.05 Å². The molecule has 2 fully saturated rings. The number of carbonyl (C=O) groups is 1. The van der Waals surface area contributed by atoms with Crippen LogP contribution >= 0.6 is 0 Å². The van der Waals surface area contributed by atoms with Crippen molar-refractivity contribution in [2.75, 3.05) is 24.5 Å². The smallest absolute Gasteiger partial charge is 0.216 e. The van der Waals surface area contributed by atoms with Gasteiger partial charge in [0.15, 0.2) is 5.65 Å². The molecule has 1 spiro atoms. The first-order valence-corrected chi connectivity index (χ1v) is 10.2. The average Bonchev–Trinajstić information content (AvgIpc) is 3.24. The summed E-state index contributed by atoms with van der Waals surface area (Å²) in [5, 5.41) is 8.29. The van der Waals surface area contributed by atoms with E-state index >= 15 is 0 Å². The van der Waals surface area contributed by atoms with E-state index in [9.17, 15) is 4.79 Å². The van der Waals surface area contributed by atoms with Crippen molar-refractivity contribution in [3.63, 3.8) is 0 Å². The third-order valence-electron chi connectivity index (χ3n) is 6.00. The highest BCUT2D eigenvalue weighted by molar-refractivity contribution is 5.87. The van der Waals surface area contributed by atoms with Crippen LogP contribution in [0.4, 0.5) is 5.82 Å². The number of aryl methyl sites for hydroxylation is 1. The highest BCUT2D eigenvalue weighted by atomic mass is 16.5. The molecule has 0 saturated carbocycles. The third-order valence-corrected chi connectivity index (χ3v) is 6.00. The molecule has 2 aromatic rings. The third kappa shape index (κ3) is 3.57. The highest BCUT2D eigenvalue weighted by Crippen LogP contribution is 2.40. The maximum absolute atomic E-state index is 11.2. The molecule has 0 bridgehead atoms. The van der Waals surface area contributed by atoms with Crippen LogP contribution in [0.25, 0.3) is 11.0 Å². The van der Waals surface area contributed by atoms with Gasteiger partial charge >= 0.3 is 0 Å². The van der Waals surface area contributed by atoms with Crippen molar-refractivity contribution < 1.29 is 9.53 Å². The van der Waals surface area contributed by atoms with E-state index < -0.39 is 0 Å². The summed E-state index contributed by atoms with van der Waals surface area (Å²) in [4.78, 5) is 23.1. The van der Waals surface area contributed by atoms with Gasteiger partial charge in [-0.15, -0.1) is 0 Å². The number of hydrogen-bond donors (Lipinski definition) is 1. The van der Waals surface area contributed by atoms with Gasteiger partial charge in [0, 0.05) is 39.5 Å². The van der Waals surface area contributed by atoms with Gasteiger partial charge in [0.25, 0.3) is 0 Å². The van der Waals surface area contributed by atoms with Gasteiger partial charge in [-0.3, -0.25) is 9.48 Å². The molecule has 0 radical (unpaired) electrons. The number of fused-ring (bicyclic) bond motifs is 1. The fourth-order valence-electron chi connectivity index (χ4n) is 4.31. The van der Waals surface area contributed by atoms with E-state index in [-0.39, 0.29) is 23.5 Å². The van der Waals surface area contributed by atoms with Gasteiger partial charge in [-0.1, -0.05) is 13.8 Å². The molecule has 0 aliphatic carbocycles. The van der Waals surface area contributed by atoms with E-state index in [2.05, 4.69) is 29.2 Å². The SMILES string of the molecule is CC(=O)NCC1CCC2(CCN(c3nc(C(C)C)nc4c3cnn4C)CC2)O1. The van der Waals surface area contributed by atoms with Crippen molar-refractivity contribution in [3.8, 4) is 0 Å². The second-order valence-electron chi connectivity index (χ2n) is 8.45. The predicted octanol–water partition coefficient (Wildman–Crippen LogP) is 2.14. The van der Waals surface area contributed by atoms with Crippen molar-refractivity contribution in [1.82, 2.24) is 25.1 Å². The van der Waals surface area contributed by atoms with Gasteiger partial charge in [0.05, 0.1) is 23.3 Å². The zero-order valence-electron chi connectivity index (χ0n) is 17.2. The Morgan fingerprint density at radius 3 is 2.75 bits per heavy atom. The first kappa shape index (κ1) is 19.1. The molecular formula is C20H30N6O2. The number of hydrogen-bond acceptors (Lipinski definition) is 6. The van der Waals surface area contributed by atoms with Crippen LogP contribution in [0.15, 0.2) is 6.20 Å². The lowest BCUT2D eigenvalue weighted by atomic mass is 9.88. The summed E-state index contributed by atoms with van der Waals surface area (Å²) in [5.41, 5.74) is 0.836. The molecule has 8 heteroatoms. The first-order chi connectivity index (χ1) is 13.4. The summed E-state index contributed by atoms with van der Waals surface area (Å²) in [7, 11) is 1.93. The van der Waals surface area contributed by atoms with Crippen LogP contribution in [0.1, 0.15) is 58.2 Å². The van der Waals surface area contributed by atoms with E-state index in [0.29, 0.717) is 6.54 Å². The minimum Gasteiger partial charge on any atom is -0.370 e. The summed E-state index contributed by atoms with van der Waals surface area (Å²) in [6, 6.07) is 0. The lowest BCUT2D eigenvalue weighted by Gasteiger charge is -2.40. The van der Waals surface area contributed by atoms with Gasteiger partial charge in [-0.25, -0.2) is 9.97 Å². The standard InChI is InChI=1S/C20H30N6O2/c1-13(2)17-23-18-16(12-22-25(18)4)19(24-17)26-9-7-20(8-10-26)6-5-15(28-20)11-21-14(3)27/h12-13,15H,5-11H2,1-4H3,(H,21,27). The summed E-state index contributed by atoms with van der Waals surface area (Å²) in [6.45, 7) is 8.22. The predicted molar refractivity (Wildman–Crippen MR) is 107 cm³/mol. The fraction of sp³-hybridized carbons (Fsp3) is 0.700. The van der Waals surface area contributed by atoms with E-state index in [4.69, 9.17) is 14.7 Å². The van der Waals surface area contributed by atoms with E-state index in [1.807, 2.05) is 17.9 Å². The Labute approximate surface area is 165 Å². The van der Waals surface area contributed by atoms with Crippen LogP contribution in [0, 0.1) is 0 Å². The van der Waals surface area contributed by atoms with E-state index in [1.54, 1.807) is 6.92 Å². The average molecular weight is 387 g/mol. The first-order valence-electron chi connectivity index (χ1n) is 10.2. The number of carbonyl (C=O) groups excluding carboxylic acids is 1. The van der Waals surface area contributed by atoms with Crippen LogP contribution in [0.5, 0.6) is 0 Å². The molecule has 8 nitrogen and oxygen atoms in total. The zero-order chi connectivity index (χ0) is 19.9. The van der Waals surface area contributed by atoms with Crippen LogP contribution in [0.2, 0.25) is 0 Å². The molecule has 2 aromatic heterocycles. The Balaban J connectivity index is 1.49. The molecule has 2 aliphatic rings. The number of aromatic nitrogens is 4. The lowest BCUT2D eigenvalue weighted by Crippen LogP contribution is -2.45. The van der Waals surface area contributed by atoms with Gasteiger partial charge < -0.3 is 15.0 Å². The van der Waals surface area contributed by atoms with Gasteiger partial charge in [0.1, 0.15) is 11.6 Å². The molecule has 0 aromatic carbocycles. The summed E-state index contributed by atoms with van der Waals surface area (Å²) in [6.07, 6.45) is 6.03. The quantitative estimate of drug-likeness (QED) is 0.867. The molecule has 1 unspecified atom stereocenters. The Hall–Kier alpha value is -2.22. The topological polar surface area (TPSA) is 85.2 Å². The number of amides is 1. The maximum Gasteiger partial charge on any atom is 0.216 e. The highest BCUT2D eigenvalue weighted by Gasteiger charge is 2.42. The second kappa shape index (κ2) is 7.31. The molecule has 1 N–H and O–H groups in total. The second-order valence-corrected chi connectivity index (χ2v) is 8.45. The minimum absolute atomic E-state index is 0.00424. The molecule has 1 atom stereocenters. The summed E-state index contributed by atoms with van der Waals surface area (Å²) in [5.74, 6) is 2.12. The number of rotatable bonds is 4. The number of piperidine rings is 1. The number of nitrogens with one attached hydrogen (secondary N) is 1. The van der Waals surface area contributed by atoms with Crippen LogP contribution in [0.3, 0.4) is 0 Å². The Bertz CT molecular complexity index is 869. The summed E-state index contributed by atoms with van der Waals surface area (Å²) < 4.78 is 8.21. The van der Waals surface area contributed by atoms with Crippen molar-refractivity contribution in [1.29, 1.82) is 0 Å². The van der Waals surface area contributed by atoms with E-state index in [1.165, 1.54) is 0 Å². The summed E-state index contributed by atoms with van der Waals surface area (Å²) >= 11 is 0. The van der Waals surface area contributed by atoms with Gasteiger partial charge in [-0.05, 0) is 25.7 Å². The Kier molecular flexibility index (Phi) is 4.99. The van der Waals surface area contributed by atoms with Crippen LogP contribution in [-0.4, -0.2) is 57.0 Å². The number of nitrogens with zero attached hydrogens (tertiary/aromatic N) is 5. The van der Waals surface area contributed by atoms with Crippen molar-refractivity contribution >= 4 is 22.8 Å². The maximum atomic E-state index is 11.2. The molecule has 2 aliphatic heterocycles.